The molecule has 1 aliphatic rings. The number of fused-ring (bicyclic) bond motifs is 1. The van der Waals surface area contributed by atoms with E-state index in [9.17, 15) is 14.4 Å². The Hall–Kier alpha value is -2.57. The zero-order chi connectivity index (χ0) is 19.3. The van der Waals surface area contributed by atoms with Gasteiger partial charge < -0.3 is 20.7 Å². The minimum Gasteiger partial charge on any atom is -0.444 e. The van der Waals surface area contributed by atoms with E-state index in [0.29, 0.717) is 19.3 Å². The number of aryl methyl sites for hydroxylation is 1. The van der Waals surface area contributed by atoms with Crippen molar-refractivity contribution in [3.05, 3.63) is 29.8 Å². The Morgan fingerprint density at radius 1 is 1.31 bits per heavy atom. The second-order valence-electron chi connectivity index (χ2n) is 7.35. The number of rotatable bonds is 4. The van der Waals surface area contributed by atoms with Crippen molar-refractivity contribution >= 4 is 23.6 Å². The summed E-state index contributed by atoms with van der Waals surface area (Å²) in [6, 6.07) is 6.17. The summed E-state index contributed by atoms with van der Waals surface area (Å²) in [5.74, 6) is -0.653. The van der Waals surface area contributed by atoms with Crippen LogP contribution < -0.4 is 16.0 Å². The number of amides is 3. The Bertz CT molecular complexity index is 682. The third-order valence-electron chi connectivity index (χ3n) is 4.03. The number of carbonyl (C=O) groups excluding carboxylic acids is 3. The van der Waals surface area contributed by atoms with Gasteiger partial charge in [-0.05, 0) is 51.7 Å². The molecule has 3 N–H and O–H groups in total. The van der Waals surface area contributed by atoms with E-state index in [-0.39, 0.29) is 5.91 Å². The summed E-state index contributed by atoms with van der Waals surface area (Å²) >= 11 is 0. The molecular weight excluding hydrogens is 334 g/mol. The first-order valence-corrected chi connectivity index (χ1v) is 8.88. The quantitative estimate of drug-likeness (QED) is 0.767. The number of ether oxygens (including phenoxy) is 1. The fourth-order valence-corrected chi connectivity index (χ4v) is 2.72. The molecule has 0 aliphatic carbocycles. The summed E-state index contributed by atoms with van der Waals surface area (Å²) in [6.07, 6.45) is 0.907. The fraction of sp³-hybridized carbons (Fsp3) is 0.526. The number of benzene rings is 1. The lowest BCUT2D eigenvalue weighted by molar-refractivity contribution is -0.128. The van der Waals surface area contributed by atoms with Gasteiger partial charge >= 0.3 is 6.09 Å². The minimum absolute atomic E-state index is 0.254. The molecule has 1 unspecified atom stereocenters. The first kappa shape index (κ1) is 19.8. The van der Waals surface area contributed by atoms with Gasteiger partial charge in [-0.3, -0.25) is 9.59 Å². The summed E-state index contributed by atoms with van der Waals surface area (Å²) in [5, 5.41) is 8.14. The van der Waals surface area contributed by atoms with Crippen LogP contribution in [0, 0.1) is 0 Å². The SMILES string of the molecule is CCC(NC(=O)OC(C)(C)C)C(=O)N[C@H]1CCc2ccccc2NC1=O. The highest BCUT2D eigenvalue weighted by atomic mass is 16.6. The lowest BCUT2D eigenvalue weighted by atomic mass is 10.1. The smallest absolute Gasteiger partial charge is 0.408 e. The van der Waals surface area contributed by atoms with Gasteiger partial charge in [0.2, 0.25) is 11.8 Å². The molecule has 2 rings (SSSR count). The number of hydrogen-bond acceptors (Lipinski definition) is 4. The molecule has 0 saturated heterocycles. The zero-order valence-electron chi connectivity index (χ0n) is 15.7. The molecule has 2 atom stereocenters. The van der Waals surface area contributed by atoms with Crippen molar-refractivity contribution in [2.24, 2.45) is 0 Å². The Kier molecular flexibility index (Phi) is 6.23. The maximum Gasteiger partial charge on any atom is 0.408 e. The Morgan fingerprint density at radius 3 is 2.65 bits per heavy atom. The molecule has 0 fully saturated rings. The molecule has 3 amide bonds. The molecule has 1 heterocycles. The van der Waals surface area contributed by atoms with Crippen LogP contribution in [0.2, 0.25) is 0 Å². The van der Waals surface area contributed by atoms with Crippen molar-refractivity contribution in [3.8, 4) is 0 Å². The van der Waals surface area contributed by atoms with E-state index in [1.807, 2.05) is 24.3 Å². The second-order valence-corrected chi connectivity index (χ2v) is 7.35. The lowest BCUT2D eigenvalue weighted by Gasteiger charge is -2.24. The van der Waals surface area contributed by atoms with E-state index < -0.39 is 29.7 Å². The van der Waals surface area contributed by atoms with Gasteiger partial charge in [0.15, 0.2) is 0 Å². The van der Waals surface area contributed by atoms with Gasteiger partial charge in [0.1, 0.15) is 17.7 Å². The molecule has 1 aromatic carbocycles. The monoisotopic (exact) mass is 361 g/mol. The van der Waals surface area contributed by atoms with Crippen LogP contribution in [0.5, 0.6) is 0 Å². The topological polar surface area (TPSA) is 96.5 Å². The van der Waals surface area contributed by atoms with E-state index in [1.165, 1.54) is 0 Å². The summed E-state index contributed by atoms with van der Waals surface area (Å²) < 4.78 is 5.18. The predicted molar refractivity (Wildman–Crippen MR) is 98.8 cm³/mol. The predicted octanol–water partition coefficient (Wildman–Crippen LogP) is 2.36. The highest BCUT2D eigenvalue weighted by Crippen LogP contribution is 2.21. The zero-order valence-corrected chi connectivity index (χ0v) is 15.7. The second kappa shape index (κ2) is 8.21. The van der Waals surface area contributed by atoms with Crippen molar-refractivity contribution in [1.29, 1.82) is 0 Å². The summed E-state index contributed by atoms with van der Waals surface area (Å²) in [5.41, 5.74) is 1.16. The Balaban J connectivity index is 1.97. The van der Waals surface area contributed by atoms with Crippen LogP contribution in [-0.4, -0.2) is 35.6 Å². The third kappa shape index (κ3) is 5.47. The molecule has 0 saturated carbocycles. The van der Waals surface area contributed by atoms with E-state index >= 15 is 0 Å². The molecule has 0 radical (unpaired) electrons. The van der Waals surface area contributed by atoms with E-state index in [0.717, 1.165) is 11.3 Å². The molecule has 142 valence electrons. The van der Waals surface area contributed by atoms with Crippen LogP contribution in [0.3, 0.4) is 0 Å². The number of para-hydroxylation sites is 1. The molecule has 1 aliphatic heterocycles. The Labute approximate surface area is 153 Å². The van der Waals surface area contributed by atoms with Gasteiger partial charge in [0, 0.05) is 5.69 Å². The van der Waals surface area contributed by atoms with Crippen LogP contribution in [0.25, 0.3) is 0 Å². The summed E-state index contributed by atoms with van der Waals surface area (Å²) in [7, 11) is 0. The van der Waals surface area contributed by atoms with Gasteiger partial charge in [0.25, 0.3) is 0 Å². The standard InChI is InChI=1S/C19H27N3O4/c1-5-13(22-18(25)26-19(2,3)4)16(23)21-15-11-10-12-8-6-7-9-14(12)20-17(15)24/h6-9,13,15H,5,10-11H2,1-4H3,(H,20,24)(H,21,23)(H,22,25)/t13?,15-/m0/s1. The molecule has 7 heteroatoms. The lowest BCUT2D eigenvalue weighted by Crippen LogP contribution is -2.52. The highest BCUT2D eigenvalue weighted by molar-refractivity contribution is 5.99. The van der Waals surface area contributed by atoms with Crippen LogP contribution in [0.15, 0.2) is 24.3 Å². The van der Waals surface area contributed by atoms with Crippen LogP contribution in [0.1, 0.15) is 46.1 Å². The summed E-state index contributed by atoms with van der Waals surface area (Å²) in [4.78, 5) is 36.8. The summed E-state index contributed by atoms with van der Waals surface area (Å²) in [6.45, 7) is 7.04. The molecule has 7 nitrogen and oxygen atoms in total. The van der Waals surface area contributed by atoms with E-state index in [2.05, 4.69) is 16.0 Å². The number of anilines is 1. The van der Waals surface area contributed by atoms with Gasteiger partial charge in [-0.25, -0.2) is 4.79 Å². The molecule has 26 heavy (non-hydrogen) atoms. The third-order valence-corrected chi connectivity index (χ3v) is 4.03. The number of carbonyl (C=O) groups is 3. The van der Waals surface area contributed by atoms with Crippen molar-refractivity contribution in [2.45, 2.75) is 64.6 Å². The molecule has 0 aromatic heterocycles. The minimum atomic E-state index is -0.761. The van der Waals surface area contributed by atoms with Gasteiger partial charge in [0.05, 0.1) is 0 Å². The van der Waals surface area contributed by atoms with Gasteiger partial charge in [-0.2, -0.15) is 0 Å². The first-order chi connectivity index (χ1) is 12.2. The molecule has 0 bridgehead atoms. The molecular formula is C19H27N3O4. The van der Waals surface area contributed by atoms with Crippen molar-refractivity contribution in [3.63, 3.8) is 0 Å². The maximum absolute atomic E-state index is 12.5. The van der Waals surface area contributed by atoms with Crippen LogP contribution >= 0.6 is 0 Å². The average Bonchev–Trinajstić information content (AvgIpc) is 2.70. The van der Waals surface area contributed by atoms with Crippen LogP contribution in [-0.2, 0) is 20.7 Å². The first-order valence-electron chi connectivity index (χ1n) is 8.88. The number of alkyl carbamates (subject to hydrolysis) is 1. The van der Waals surface area contributed by atoms with Crippen molar-refractivity contribution in [1.82, 2.24) is 10.6 Å². The van der Waals surface area contributed by atoms with Gasteiger partial charge in [-0.1, -0.05) is 25.1 Å². The van der Waals surface area contributed by atoms with Gasteiger partial charge in [-0.15, -0.1) is 0 Å². The largest absolute Gasteiger partial charge is 0.444 e. The number of hydrogen-bond donors (Lipinski definition) is 3. The van der Waals surface area contributed by atoms with Crippen molar-refractivity contribution in [2.75, 3.05) is 5.32 Å². The van der Waals surface area contributed by atoms with Crippen molar-refractivity contribution < 1.29 is 19.1 Å². The molecule has 1 aromatic rings. The average molecular weight is 361 g/mol. The number of nitrogens with one attached hydrogen (secondary N) is 3. The highest BCUT2D eigenvalue weighted by Gasteiger charge is 2.29. The normalized spacial score (nSPS) is 18.0. The van der Waals surface area contributed by atoms with E-state index in [4.69, 9.17) is 4.74 Å². The maximum atomic E-state index is 12.5. The Morgan fingerprint density at radius 2 is 2.00 bits per heavy atom. The van der Waals surface area contributed by atoms with Crippen LogP contribution in [0.4, 0.5) is 10.5 Å². The molecule has 0 spiro atoms. The van der Waals surface area contributed by atoms with E-state index in [1.54, 1.807) is 27.7 Å². The fourth-order valence-electron chi connectivity index (χ4n) is 2.72.